The predicted molar refractivity (Wildman–Crippen MR) is 68.6 cm³/mol. The van der Waals surface area contributed by atoms with Crippen LogP contribution in [0.15, 0.2) is 0 Å². The Balaban J connectivity index is 2.44. The van der Waals surface area contributed by atoms with Gasteiger partial charge >= 0.3 is 0 Å². The number of carbonyl (C=O) groups excluding carboxylic acids is 1. The van der Waals surface area contributed by atoms with Gasteiger partial charge in [-0.15, -0.1) is 0 Å². The lowest BCUT2D eigenvalue weighted by Crippen LogP contribution is -2.45. The monoisotopic (exact) mass is 242 g/mol. The summed E-state index contributed by atoms with van der Waals surface area (Å²) in [4.78, 5) is 14.1. The maximum Gasteiger partial charge on any atom is 0.225 e. The number of amides is 1. The van der Waals surface area contributed by atoms with Crippen LogP contribution >= 0.6 is 0 Å². The molecule has 4 nitrogen and oxygen atoms in total. The predicted octanol–water partition coefficient (Wildman–Crippen LogP) is 1.24. The molecule has 17 heavy (non-hydrogen) atoms. The van der Waals surface area contributed by atoms with Gasteiger partial charge in [0.1, 0.15) is 0 Å². The number of rotatable bonds is 5. The minimum atomic E-state index is 0.117. The molecule has 0 spiro atoms. The lowest BCUT2D eigenvalue weighted by atomic mass is 9.76. The first kappa shape index (κ1) is 14.5. The lowest BCUT2D eigenvalue weighted by molar-refractivity contribution is -0.137. The molecular weight excluding hydrogens is 216 g/mol. The molecule has 100 valence electrons. The number of ether oxygens (including phenoxy) is 1. The number of carbonyl (C=O) groups is 1. The third-order valence-electron chi connectivity index (χ3n) is 3.90. The van der Waals surface area contributed by atoms with E-state index in [9.17, 15) is 4.79 Å². The van der Waals surface area contributed by atoms with Gasteiger partial charge in [0.05, 0.1) is 0 Å². The fraction of sp³-hybridized carbons (Fsp3) is 0.923. The van der Waals surface area contributed by atoms with Crippen LogP contribution in [0, 0.1) is 11.8 Å². The van der Waals surface area contributed by atoms with E-state index in [4.69, 9.17) is 10.5 Å². The van der Waals surface area contributed by atoms with Gasteiger partial charge in [-0.2, -0.15) is 0 Å². The van der Waals surface area contributed by atoms with E-state index in [0.29, 0.717) is 12.5 Å². The molecule has 0 aromatic rings. The zero-order valence-electron chi connectivity index (χ0n) is 11.3. The fourth-order valence-electron chi connectivity index (χ4n) is 2.59. The second-order valence-electron chi connectivity index (χ2n) is 5.17. The Labute approximate surface area is 104 Å². The molecule has 0 saturated heterocycles. The van der Waals surface area contributed by atoms with E-state index in [-0.39, 0.29) is 17.9 Å². The summed E-state index contributed by atoms with van der Waals surface area (Å²) in [6.45, 7) is 3.58. The molecule has 0 aromatic heterocycles. The number of nitrogens with two attached hydrogens (primary N) is 1. The second-order valence-corrected chi connectivity index (χ2v) is 5.17. The SMILES string of the molecule is COCCCN(C)C(=O)C1CCCC(N)C1C. The van der Waals surface area contributed by atoms with E-state index in [1.807, 2.05) is 11.9 Å². The van der Waals surface area contributed by atoms with Crippen molar-refractivity contribution in [2.24, 2.45) is 17.6 Å². The van der Waals surface area contributed by atoms with Gasteiger partial charge in [0.2, 0.25) is 5.91 Å². The summed E-state index contributed by atoms with van der Waals surface area (Å²) in [7, 11) is 3.56. The summed E-state index contributed by atoms with van der Waals surface area (Å²) in [5, 5.41) is 0. The topological polar surface area (TPSA) is 55.6 Å². The van der Waals surface area contributed by atoms with Crippen molar-refractivity contribution >= 4 is 5.91 Å². The van der Waals surface area contributed by atoms with E-state index in [2.05, 4.69) is 6.92 Å². The highest BCUT2D eigenvalue weighted by Crippen LogP contribution is 2.30. The summed E-state index contributed by atoms with van der Waals surface area (Å²) >= 11 is 0. The minimum Gasteiger partial charge on any atom is -0.385 e. The first-order chi connectivity index (χ1) is 8.07. The highest BCUT2D eigenvalue weighted by atomic mass is 16.5. The molecule has 0 heterocycles. The van der Waals surface area contributed by atoms with Crippen LogP contribution in [-0.4, -0.2) is 44.2 Å². The van der Waals surface area contributed by atoms with Crippen LogP contribution in [0.1, 0.15) is 32.6 Å². The molecule has 3 atom stereocenters. The van der Waals surface area contributed by atoms with Gasteiger partial charge in [-0.3, -0.25) is 4.79 Å². The lowest BCUT2D eigenvalue weighted by Gasteiger charge is -2.35. The molecule has 1 saturated carbocycles. The zero-order valence-corrected chi connectivity index (χ0v) is 11.3. The molecule has 1 amide bonds. The van der Waals surface area contributed by atoms with Crippen molar-refractivity contribution in [3.8, 4) is 0 Å². The average molecular weight is 242 g/mol. The fourth-order valence-corrected chi connectivity index (χ4v) is 2.59. The van der Waals surface area contributed by atoms with Crippen molar-refractivity contribution in [2.45, 2.75) is 38.6 Å². The largest absolute Gasteiger partial charge is 0.385 e. The molecule has 2 N–H and O–H groups in total. The van der Waals surface area contributed by atoms with Gasteiger partial charge in [-0.05, 0) is 25.2 Å². The summed E-state index contributed by atoms with van der Waals surface area (Å²) in [6, 6.07) is 0.185. The molecule has 0 aromatic carbocycles. The Kier molecular flexibility index (Phi) is 5.92. The van der Waals surface area contributed by atoms with Gasteiger partial charge in [0, 0.05) is 39.3 Å². The Morgan fingerprint density at radius 2 is 2.18 bits per heavy atom. The average Bonchev–Trinajstić information content (AvgIpc) is 2.32. The molecule has 0 bridgehead atoms. The van der Waals surface area contributed by atoms with Crippen LogP contribution < -0.4 is 5.73 Å². The van der Waals surface area contributed by atoms with Crippen LogP contribution in [0.25, 0.3) is 0 Å². The van der Waals surface area contributed by atoms with Crippen LogP contribution in [0.5, 0.6) is 0 Å². The molecule has 0 aliphatic heterocycles. The Hall–Kier alpha value is -0.610. The number of nitrogens with zero attached hydrogens (tertiary/aromatic N) is 1. The first-order valence-corrected chi connectivity index (χ1v) is 6.57. The molecule has 1 aliphatic carbocycles. The second kappa shape index (κ2) is 6.97. The van der Waals surface area contributed by atoms with Crippen molar-refractivity contribution in [1.29, 1.82) is 0 Å². The molecule has 0 radical (unpaired) electrons. The standard InChI is InChI=1S/C13H26N2O2/c1-10-11(6-4-7-12(10)14)13(16)15(2)8-5-9-17-3/h10-12H,4-9,14H2,1-3H3. The maximum atomic E-state index is 12.3. The number of methoxy groups -OCH3 is 1. The zero-order chi connectivity index (χ0) is 12.8. The van der Waals surface area contributed by atoms with Crippen molar-refractivity contribution < 1.29 is 9.53 Å². The molecule has 1 aliphatic rings. The number of hydrogen-bond acceptors (Lipinski definition) is 3. The van der Waals surface area contributed by atoms with Gasteiger partial charge in [0.15, 0.2) is 0 Å². The summed E-state index contributed by atoms with van der Waals surface area (Å²) in [5.74, 6) is 0.677. The van der Waals surface area contributed by atoms with E-state index >= 15 is 0 Å². The normalized spacial score (nSPS) is 29.1. The van der Waals surface area contributed by atoms with Gasteiger partial charge < -0.3 is 15.4 Å². The summed E-state index contributed by atoms with van der Waals surface area (Å²) in [6.07, 6.45) is 4.01. The van der Waals surface area contributed by atoms with Crippen molar-refractivity contribution in [3.05, 3.63) is 0 Å². The van der Waals surface area contributed by atoms with E-state index in [1.165, 1.54) is 0 Å². The van der Waals surface area contributed by atoms with Crippen LogP contribution in [-0.2, 0) is 9.53 Å². The molecule has 1 rings (SSSR count). The third kappa shape index (κ3) is 3.96. The Bertz CT molecular complexity index is 246. The number of hydrogen-bond donors (Lipinski definition) is 1. The Morgan fingerprint density at radius 1 is 1.47 bits per heavy atom. The van der Waals surface area contributed by atoms with E-state index < -0.39 is 0 Å². The molecule has 1 fully saturated rings. The van der Waals surface area contributed by atoms with Crippen LogP contribution in [0.3, 0.4) is 0 Å². The van der Waals surface area contributed by atoms with Crippen LogP contribution in [0.2, 0.25) is 0 Å². The van der Waals surface area contributed by atoms with E-state index in [1.54, 1.807) is 7.11 Å². The smallest absolute Gasteiger partial charge is 0.225 e. The Morgan fingerprint density at radius 3 is 2.82 bits per heavy atom. The van der Waals surface area contributed by atoms with Crippen molar-refractivity contribution in [2.75, 3.05) is 27.3 Å². The van der Waals surface area contributed by atoms with Gasteiger partial charge in [-0.25, -0.2) is 0 Å². The van der Waals surface area contributed by atoms with Gasteiger partial charge in [-0.1, -0.05) is 13.3 Å². The molecule has 3 unspecified atom stereocenters. The molecule has 4 heteroatoms. The summed E-state index contributed by atoms with van der Waals surface area (Å²) < 4.78 is 5.00. The third-order valence-corrected chi connectivity index (χ3v) is 3.90. The molecular formula is C13H26N2O2. The minimum absolute atomic E-state index is 0.117. The maximum absolute atomic E-state index is 12.3. The quantitative estimate of drug-likeness (QED) is 0.738. The highest BCUT2D eigenvalue weighted by Gasteiger charge is 2.33. The first-order valence-electron chi connectivity index (χ1n) is 6.57. The van der Waals surface area contributed by atoms with Crippen molar-refractivity contribution in [1.82, 2.24) is 4.90 Å². The summed E-state index contributed by atoms with van der Waals surface area (Å²) in [5.41, 5.74) is 6.04. The van der Waals surface area contributed by atoms with E-state index in [0.717, 1.165) is 32.2 Å². The van der Waals surface area contributed by atoms with Crippen LogP contribution in [0.4, 0.5) is 0 Å². The van der Waals surface area contributed by atoms with Crippen molar-refractivity contribution in [3.63, 3.8) is 0 Å². The van der Waals surface area contributed by atoms with Gasteiger partial charge in [0.25, 0.3) is 0 Å². The highest BCUT2D eigenvalue weighted by molar-refractivity contribution is 5.79.